The van der Waals surface area contributed by atoms with Crippen molar-refractivity contribution in [2.24, 2.45) is 0 Å². The normalized spacial score (nSPS) is 12.3. The SMILES string of the molecule is CCCCCCC/C=C\C/C=C\C/C=C\CCCCCCCCCCCCCCC(=O)OCC(COC(=O)CCCCCCCCCCCCCCCC)OC(=O)CCCCCCCCC/C=C\CCCCCCCC. The maximum Gasteiger partial charge on any atom is 0.306 e. The molecule has 0 rings (SSSR count). The van der Waals surface area contributed by atoms with Crippen molar-refractivity contribution in [3.8, 4) is 0 Å². The first kappa shape index (κ1) is 73.4. The highest BCUT2D eigenvalue weighted by Crippen LogP contribution is 2.17. The number of ether oxygens (including phenoxy) is 3. The predicted octanol–water partition coefficient (Wildman–Crippen LogP) is 22.9. The van der Waals surface area contributed by atoms with Gasteiger partial charge < -0.3 is 14.2 Å². The van der Waals surface area contributed by atoms with Crippen LogP contribution in [0.1, 0.15) is 361 Å². The van der Waals surface area contributed by atoms with E-state index in [-0.39, 0.29) is 31.1 Å². The third-order valence-corrected chi connectivity index (χ3v) is 15.1. The van der Waals surface area contributed by atoms with E-state index >= 15 is 0 Å². The van der Waals surface area contributed by atoms with Gasteiger partial charge in [0.1, 0.15) is 13.2 Å². The molecule has 0 bridgehead atoms. The lowest BCUT2D eigenvalue weighted by Gasteiger charge is -2.18. The van der Waals surface area contributed by atoms with Gasteiger partial charge in [-0.2, -0.15) is 0 Å². The standard InChI is InChI=1S/C70H128O6/c1-4-7-10-13-16-19-22-25-28-30-31-32-33-34-35-36-37-38-39-41-42-45-48-51-54-57-60-63-69(72)75-66-67(65-74-68(71)62-59-56-53-50-47-44-27-24-21-18-15-12-9-6-3)76-70(73)64-61-58-55-52-49-46-43-40-29-26-23-20-17-14-11-8-5-2/h22,25-26,29-31,33-34,67H,4-21,23-24,27-28,32,35-66H2,1-3H3/b25-22-,29-26-,31-30-,34-33-. The second kappa shape index (κ2) is 64.9. The molecule has 0 aliphatic heterocycles. The molecule has 6 nitrogen and oxygen atoms in total. The first-order valence-corrected chi connectivity index (χ1v) is 33.6. The molecule has 0 aromatic heterocycles. The van der Waals surface area contributed by atoms with Crippen molar-refractivity contribution in [2.75, 3.05) is 13.2 Å². The van der Waals surface area contributed by atoms with Gasteiger partial charge >= 0.3 is 17.9 Å². The Labute approximate surface area is 473 Å². The lowest BCUT2D eigenvalue weighted by atomic mass is 10.0. The fourth-order valence-corrected chi connectivity index (χ4v) is 9.98. The van der Waals surface area contributed by atoms with Crippen LogP contribution in [-0.4, -0.2) is 37.2 Å². The fourth-order valence-electron chi connectivity index (χ4n) is 9.98. The van der Waals surface area contributed by atoms with Crippen LogP contribution in [0.2, 0.25) is 0 Å². The van der Waals surface area contributed by atoms with Gasteiger partial charge in [0, 0.05) is 19.3 Å². The van der Waals surface area contributed by atoms with Crippen LogP contribution in [-0.2, 0) is 28.6 Å². The number of carbonyl (C=O) groups excluding carboxylic acids is 3. The third-order valence-electron chi connectivity index (χ3n) is 15.1. The van der Waals surface area contributed by atoms with Crippen molar-refractivity contribution >= 4 is 17.9 Å². The van der Waals surface area contributed by atoms with Crippen molar-refractivity contribution in [3.63, 3.8) is 0 Å². The lowest BCUT2D eigenvalue weighted by molar-refractivity contribution is -0.167. The van der Waals surface area contributed by atoms with Gasteiger partial charge in [-0.05, 0) is 83.5 Å². The second-order valence-corrected chi connectivity index (χ2v) is 22.7. The zero-order valence-corrected chi connectivity index (χ0v) is 51.0. The van der Waals surface area contributed by atoms with E-state index in [0.29, 0.717) is 19.3 Å². The van der Waals surface area contributed by atoms with Crippen LogP contribution in [0.5, 0.6) is 0 Å². The molecule has 444 valence electrons. The van der Waals surface area contributed by atoms with Crippen molar-refractivity contribution < 1.29 is 28.6 Å². The Morgan fingerprint density at radius 2 is 0.474 bits per heavy atom. The number of carbonyl (C=O) groups is 3. The molecule has 0 saturated heterocycles. The lowest BCUT2D eigenvalue weighted by Crippen LogP contribution is -2.30. The van der Waals surface area contributed by atoms with Gasteiger partial charge in [-0.25, -0.2) is 0 Å². The molecule has 0 saturated carbocycles. The highest BCUT2D eigenvalue weighted by molar-refractivity contribution is 5.71. The van der Waals surface area contributed by atoms with Crippen LogP contribution in [0, 0.1) is 0 Å². The number of rotatable bonds is 62. The average Bonchev–Trinajstić information content (AvgIpc) is 3.42. The molecule has 0 aliphatic rings. The smallest absolute Gasteiger partial charge is 0.306 e. The topological polar surface area (TPSA) is 78.9 Å². The Morgan fingerprint density at radius 3 is 0.750 bits per heavy atom. The molecule has 0 heterocycles. The summed E-state index contributed by atoms with van der Waals surface area (Å²) in [5.74, 6) is -0.854. The van der Waals surface area contributed by atoms with Crippen LogP contribution >= 0.6 is 0 Å². The van der Waals surface area contributed by atoms with Crippen molar-refractivity contribution in [1.82, 2.24) is 0 Å². The largest absolute Gasteiger partial charge is 0.462 e. The molecule has 6 heteroatoms. The van der Waals surface area contributed by atoms with Crippen molar-refractivity contribution in [1.29, 1.82) is 0 Å². The molecule has 1 atom stereocenters. The summed E-state index contributed by atoms with van der Waals surface area (Å²) in [6.45, 7) is 6.68. The summed E-state index contributed by atoms with van der Waals surface area (Å²) < 4.78 is 17.0. The van der Waals surface area contributed by atoms with Gasteiger partial charge in [0.2, 0.25) is 0 Å². The second-order valence-electron chi connectivity index (χ2n) is 22.7. The van der Waals surface area contributed by atoms with Gasteiger partial charge in [0.25, 0.3) is 0 Å². The number of allylic oxidation sites excluding steroid dienone is 8. The van der Waals surface area contributed by atoms with Gasteiger partial charge in [-0.15, -0.1) is 0 Å². The van der Waals surface area contributed by atoms with Crippen LogP contribution in [0.15, 0.2) is 48.6 Å². The summed E-state index contributed by atoms with van der Waals surface area (Å²) in [6.07, 6.45) is 81.2. The molecule has 76 heavy (non-hydrogen) atoms. The summed E-state index contributed by atoms with van der Waals surface area (Å²) in [5, 5.41) is 0. The highest BCUT2D eigenvalue weighted by atomic mass is 16.6. The highest BCUT2D eigenvalue weighted by Gasteiger charge is 2.19. The summed E-state index contributed by atoms with van der Waals surface area (Å²) in [6, 6.07) is 0. The van der Waals surface area contributed by atoms with E-state index in [1.807, 2.05) is 0 Å². The number of unbranched alkanes of at least 4 members (excludes halogenated alkanes) is 43. The number of hydrogen-bond acceptors (Lipinski definition) is 6. The molecule has 0 aromatic carbocycles. The van der Waals surface area contributed by atoms with Crippen molar-refractivity contribution in [2.45, 2.75) is 367 Å². The fraction of sp³-hybridized carbons (Fsp3) is 0.843. The zero-order chi connectivity index (χ0) is 55.0. The molecule has 1 unspecified atom stereocenters. The summed E-state index contributed by atoms with van der Waals surface area (Å²) >= 11 is 0. The Hall–Kier alpha value is -2.63. The molecule has 0 amide bonds. The summed E-state index contributed by atoms with van der Waals surface area (Å²) in [4.78, 5) is 38.3. The monoisotopic (exact) mass is 1060 g/mol. The van der Waals surface area contributed by atoms with Gasteiger partial charge in [-0.1, -0.05) is 307 Å². The van der Waals surface area contributed by atoms with Gasteiger partial charge in [-0.3, -0.25) is 14.4 Å². The van der Waals surface area contributed by atoms with Crippen LogP contribution in [0.3, 0.4) is 0 Å². The van der Waals surface area contributed by atoms with Crippen LogP contribution in [0.25, 0.3) is 0 Å². The summed E-state index contributed by atoms with van der Waals surface area (Å²) in [5.41, 5.74) is 0. The summed E-state index contributed by atoms with van der Waals surface area (Å²) in [7, 11) is 0. The molecule has 0 aliphatic carbocycles. The minimum atomic E-state index is -0.774. The zero-order valence-electron chi connectivity index (χ0n) is 51.0. The molecule has 0 radical (unpaired) electrons. The van der Waals surface area contributed by atoms with E-state index < -0.39 is 6.10 Å². The van der Waals surface area contributed by atoms with E-state index in [1.165, 1.54) is 250 Å². The van der Waals surface area contributed by atoms with Crippen molar-refractivity contribution in [3.05, 3.63) is 48.6 Å². The minimum Gasteiger partial charge on any atom is -0.462 e. The van der Waals surface area contributed by atoms with Crippen LogP contribution in [0.4, 0.5) is 0 Å². The molecule has 0 aromatic rings. The molecule has 0 fully saturated rings. The molecule has 0 spiro atoms. The predicted molar refractivity (Wildman–Crippen MR) is 330 cm³/mol. The Kier molecular flexibility index (Phi) is 62.6. The maximum absolute atomic E-state index is 12.9. The maximum atomic E-state index is 12.9. The number of hydrogen-bond donors (Lipinski definition) is 0. The molecule has 0 N–H and O–H groups in total. The van der Waals surface area contributed by atoms with Crippen LogP contribution < -0.4 is 0 Å². The van der Waals surface area contributed by atoms with E-state index in [1.54, 1.807) is 0 Å². The third kappa shape index (κ3) is 62.2. The van der Waals surface area contributed by atoms with Gasteiger partial charge in [0.15, 0.2) is 6.10 Å². The Bertz CT molecular complexity index is 1310. The Balaban J connectivity index is 4.26. The first-order chi connectivity index (χ1) is 37.5. The van der Waals surface area contributed by atoms with E-state index in [4.69, 9.17) is 14.2 Å². The first-order valence-electron chi connectivity index (χ1n) is 33.6. The van der Waals surface area contributed by atoms with E-state index in [9.17, 15) is 14.4 Å². The number of esters is 3. The molecular weight excluding hydrogens is 937 g/mol. The van der Waals surface area contributed by atoms with E-state index in [2.05, 4.69) is 69.4 Å². The Morgan fingerprint density at radius 1 is 0.263 bits per heavy atom. The van der Waals surface area contributed by atoms with Gasteiger partial charge in [0.05, 0.1) is 0 Å². The quantitative estimate of drug-likeness (QED) is 0.0261. The minimum absolute atomic E-state index is 0.0708. The molecular formula is C70H128O6. The average molecular weight is 1070 g/mol. The van der Waals surface area contributed by atoms with E-state index in [0.717, 1.165) is 70.6 Å².